The number of carbonyl (C=O) groups is 3. The molecule has 0 fully saturated rings. The van der Waals surface area contributed by atoms with Gasteiger partial charge in [-0.2, -0.15) is 0 Å². The lowest BCUT2D eigenvalue weighted by atomic mass is 10.1. The quantitative estimate of drug-likeness (QED) is 0.129. The van der Waals surface area contributed by atoms with Crippen LogP contribution in [0.15, 0.2) is 146 Å². The highest BCUT2D eigenvalue weighted by Gasteiger charge is 2.14. The number of anilines is 3. The summed E-state index contributed by atoms with van der Waals surface area (Å²) in [7, 11) is 3.18. The van der Waals surface area contributed by atoms with Crippen molar-refractivity contribution in [2.24, 2.45) is 0 Å². The van der Waals surface area contributed by atoms with Crippen molar-refractivity contribution in [1.82, 2.24) is 0 Å². The van der Waals surface area contributed by atoms with Crippen LogP contribution in [0.25, 0.3) is 0 Å². The SMILES string of the molecule is CCOc1ccc(NC(=O)c2ccccc2C)cc1.COc1c(C)cccc1C(=O)Nc1ccccc1.COc1ccc(NC(=O)c2ccccc2C)cc1. The van der Waals surface area contributed by atoms with E-state index in [1.165, 1.54) is 0 Å². The molecule has 0 bridgehead atoms. The average Bonchev–Trinajstić information content (AvgIpc) is 3.20. The van der Waals surface area contributed by atoms with Crippen molar-refractivity contribution in [3.8, 4) is 17.2 Å². The topological polar surface area (TPSA) is 115 Å². The number of methoxy groups -OCH3 is 2. The van der Waals surface area contributed by atoms with E-state index in [0.29, 0.717) is 29.0 Å². The maximum Gasteiger partial charge on any atom is 0.259 e. The summed E-state index contributed by atoms with van der Waals surface area (Å²) >= 11 is 0. The van der Waals surface area contributed by atoms with E-state index in [-0.39, 0.29) is 17.7 Å². The van der Waals surface area contributed by atoms with Gasteiger partial charge in [-0.05, 0) is 123 Å². The zero-order chi connectivity index (χ0) is 39.6. The Hall–Kier alpha value is -6.87. The molecule has 9 nitrogen and oxygen atoms in total. The molecular formula is C46H47N3O6. The number of nitrogens with one attached hydrogen (secondary N) is 3. The molecule has 6 aromatic rings. The summed E-state index contributed by atoms with van der Waals surface area (Å²) in [5.41, 5.74) is 7.07. The van der Waals surface area contributed by atoms with Gasteiger partial charge in [-0.15, -0.1) is 0 Å². The Morgan fingerprint density at radius 3 is 1.29 bits per heavy atom. The predicted molar refractivity (Wildman–Crippen MR) is 221 cm³/mol. The molecule has 282 valence electrons. The van der Waals surface area contributed by atoms with Gasteiger partial charge in [-0.1, -0.05) is 66.7 Å². The molecule has 9 heteroatoms. The minimum atomic E-state index is -0.165. The molecule has 0 aliphatic heterocycles. The van der Waals surface area contributed by atoms with Crippen LogP contribution in [0.5, 0.6) is 17.2 Å². The van der Waals surface area contributed by atoms with Crippen LogP contribution in [-0.4, -0.2) is 38.5 Å². The highest BCUT2D eigenvalue weighted by Crippen LogP contribution is 2.24. The fraction of sp³-hybridized carbons (Fsp3) is 0.152. The fourth-order valence-corrected chi connectivity index (χ4v) is 5.35. The molecule has 6 rings (SSSR count). The number of para-hydroxylation sites is 2. The van der Waals surface area contributed by atoms with Crippen molar-refractivity contribution in [3.63, 3.8) is 0 Å². The maximum absolute atomic E-state index is 12.2. The van der Waals surface area contributed by atoms with Crippen LogP contribution >= 0.6 is 0 Å². The van der Waals surface area contributed by atoms with E-state index in [9.17, 15) is 14.4 Å². The van der Waals surface area contributed by atoms with Crippen LogP contribution in [0, 0.1) is 20.8 Å². The van der Waals surface area contributed by atoms with E-state index in [0.717, 1.165) is 45.3 Å². The third-order valence-electron chi connectivity index (χ3n) is 8.24. The van der Waals surface area contributed by atoms with E-state index in [4.69, 9.17) is 14.2 Å². The fourth-order valence-electron chi connectivity index (χ4n) is 5.35. The molecule has 0 saturated carbocycles. The second kappa shape index (κ2) is 21.0. The molecule has 0 spiro atoms. The Kier molecular flexibility index (Phi) is 15.6. The van der Waals surface area contributed by atoms with Gasteiger partial charge in [0.2, 0.25) is 0 Å². The molecule has 0 radical (unpaired) electrons. The van der Waals surface area contributed by atoms with Crippen LogP contribution in [0.4, 0.5) is 17.1 Å². The first kappa shape index (κ1) is 40.9. The van der Waals surface area contributed by atoms with E-state index >= 15 is 0 Å². The molecule has 0 aliphatic carbocycles. The Balaban J connectivity index is 0.000000184. The van der Waals surface area contributed by atoms with Crippen LogP contribution in [0.3, 0.4) is 0 Å². The van der Waals surface area contributed by atoms with Gasteiger partial charge in [0.25, 0.3) is 17.7 Å². The third kappa shape index (κ3) is 12.4. The zero-order valence-electron chi connectivity index (χ0n) is 32.0. The van der Waals surface area contributed by atoms with Gasteiger partial charge in [0, 0.05) is 28.2 Å². The summed E-state index contributed by atoms with van der Waals surface area (Å²) in [5, 5.41) is 8.57. The largest absolute Gasteiger partial charge is 0.497 e. The monoisotopic (exact) mass is 737 g/mol. The molecule has 0 atom stereocenters. The van der Waals surface area contributed by atoms with E-state index in [1.54, 1.807) is 20.3 Å². The molecule has 0 saturated heterocycles. The standard InChI is InChI=1S/C16H17NO2.2C15H15NO2/c1-3-19-14-10-8-13(9-11-14)17-16(18)15-7-5-4-6-12(15)2;1-11-7-6-10-13(14(11)18-2)15(17)16-12-8-4-3-5-9-12;1-11-5-3-4-6-14(11)15(17)16-12-7-9-13(18-2)10-8-12/h4-11H,3H2,1-2H3,(H,17,18);2*3-10H,1-2H3,(H,16,17). The predicted octanol–water partition coefficient (Wildman–Crippen LogP) is 10.2. The van der Waals surface area contributed by atoms with Crippen molar-refractivity contribution in [1.29, 1.82) is 0 Å². The first-order chi connectivity index (χ1) is 26.6. The van der Waals surface area contributed by atoms with Gasteiger partial charge >= 0.3 is 0 Å². The first-order valence-electron chi connectivity index (χ1n) is 17.7. The van der Waals surface area contributed by atoms with Gasteiger partial charge in [-0.25, -0.2) is 0 Å². The third-order valence-corrected chi connectivity index (χ3v) is 8.24. The van der Waals surface area contributed by atoms with Crippen LogP contribution in [0.2, 0.25) is 0 Å². The second-order valence-electron chi connectivity index (χ2n) is 12.2. The molecular weight excluding hydrogens is 691 g/mol. The average molecular weight is 738 g/mol. The Bertz CT molecular complexity index is 2150. The lowest BCUT2D eigenvalue weighted by molar-refractivity contribution is 0.101. The molecule has 0 heterocycles. The van der Waals surface area contributed by atoms with Gasteiger partial charge in [0.15, 0.2) is 0 Å². The number of hydrogen-bond acceptors (Lipinski definition) is 6. The highest BCUT2D eigenvalue weighted by atomic mass is 16.5. The molecule has 3 N–H and O–H groups in total. The Morgan fingerprint density at radius 1 is 0.436 bits per heavy atom. The van der Waals surface area contributed by atoms with Gasteiger partial charge in [0.1, 0.15) is 17.2 Å². The van der Waals surface area contributed by atoms with Crippen molar-refractivity contribution < 1.29 is 28.6 Å². The number of amides is 3. The zero-order valence-corrected chi connectivity index (χ0v) is 32.0. The molecule has 6 aromatic carbocycles. The van der Waals surface area contributed by atoms with Crippen molar-refractivity contribution in [2.45, 2.75) is 27.7 Å². The number of ether oxygens (including phenoxy) is 3. The number of hydrogen-bond donors (Lipinski definition) is 3. The van der Waals surface area contributed by atoms with Crippen molar-refractivity contribution in [3.05, 3.63) is 179 Å². The molecule has 0 aliphatic rings. The first-order valence-corrected chi connectivity index (χ1v) is 17.7. The van der Waals surface area contributed by atoms with Crippen molar-refractivity contribution in [2.75, 3.05) is 36.8 Å². The summed E-state index contributed by atoms with van der Waals surface area (Å²) < 4.78 is 15.7. The van der Waals surface area contributed by atoms with Crippen LogP contribution in [-0.2, 0) is 0 Å². The minimum Gasteiger partial charge on any atom is -0.497 e. The number of rotatable bonds is 10. The lowest BCUT2D eigenvalue weighted by Crippen LogP contribution is -2.13. The van der Waals surface area contributed by atoms with Crippen LogP contribution < -0.4 is 30.2 Å². The normalized spacial score (nSPS) is 9.93. The summed E-state index contributed by atoms with van der Waals surface area (Å²) in [6, 6.07) is 44.5. The molecule has 0 aromatic heterocycles. The van der Waals surface area contributed by atoms with Crippen LogP contribution in [0.1, 0.15) is 54.7 Å². The summed E-state index contributed by atoms with van der Waals surface area (Å²) in [5.74, 6) is 1.83. The van der Waals surface area contributed by atoms with Gasteiger partial charge < -0.3 is 30.2 Å². The number of aryl methyl sites for hydroxylation is 3. The van der Waals surface area contributed by atoms with E-state index < -0.39 is 0 Å². The summed E-state index contributed by atoms with van der Waals surface area (Å²) in [6.07, 6.45) is 0. The van der Waals surface area contributed by atoms with Gasteiger partial charge in [-0.3, -0.25) is 14.4 Å². The number of carbonyl (C=O) groups excluding carboxylic acids is 3. The van der Waals surface area contributed by atoms with Gasteiger partial charge in [0.05, 0.1) is 26.4 Å². The number of benzene rings is 6. The summed E-state index contributed by atoms with van der Waals surface area (Å²) in [4.78, 5) is 36.3. The minimum absolute atomic E-state index is 0.0951. The second-order valence-corrected chi connectivity index (χ2v) is 12.2. The Morgan fingerprint density at radius 2 is 0.836 bits per heavy atom. The Labute approximate surface area is 323 Å². The smallest absolute Gasteiger partial charge is 0.259 e. The molecule has 0 unspecified atom stereocenters. The summed E-state index contributed by atoms with van der Waals surface area (Å²) in [6.45, 7) is 8.33. The molecule has 55 heavy (non-hydrogen) atoms. The maximum atomic E-state index is 12.2. The van der Waals surface area contributed by atoms with Crippen molar-refractivity contribution >= 4 is 34.8 Å². The highest BCUT2D eigenvalue weighted by molar-refractivity contribution is 6.07. The molecule has 3 amide bonds. The lowest BCUT2D eigenvalue weighted by Gasteiger charge is -2.11. The van der Waals surface area contributed by atoms with E-state index in [2.05, 4.69) is 16.0 Å². The van der Waals surface area contributed by atoms with E-state index in [1.807, 2.05) is 167 Å².